The molecule has 0 bridgehead atoms. The third-order valence-corrected chi connectivity index (χ3v) is 3.17. The number of nitrogens with one attached hydrogen (secondary N) is 1. The summed E-state index contributed by atoms with van der Waals surface area (Å²) in [6, 6.07) is -0.186. The number of nitrogens with zero attached hydrogens (tertiary/aromatic N) is 2. The molecule has 1 saturated heterocycles. The van der Waals surface area contributed by atoms with E-state index in [-0.39, 0.29) is 11.9 Å². The Morgan fingerprint density at radius 1 is 1.53 bits per heavy atom. The zero-order chi connectivity index (χ0) is 14.0. The van der Waals surface area contributed by atoms with Crippen LogP contribution >= 0.6 is 0 Å². The Kier molecular flexibility index (Phi) is 3.84. The van der Waals surface area contributed by atoms with Crippen LogP contribution in [-0.2, 0) is 21.4 Å². The summed E-state index contributed by atoms with van der Waals surface area (Å²) in [4.78, 5) is 22.7. The van der Waals surface area contributed by atoms with Crippen molar-refractivity contribution in [2.45, 2.75) is 38.0 Å². The molecule has 7 heteroatoms. The van der Waals surface area contributed by atoms with Crippen molar-refractivity contribution in [3.63, 3.8) is 0 Å². The zero-order valence-electron chi connectivity index (χ0n) is 10.9. The monoisotopic (exact) mass is 267 g/mol. The SMILES string of the molecule is CC(NC(=O)[C@@H]1CC[C@H](C(=O)O)O1)c1cnn(C)c1. The van der Waals surface area contributed by atoms with E-state index < -0.39 is 18.2 Å². The number of carbonyl (C=O) groups is 2. The third kappa shape index (κ3) is 3.11. The normalized spacial score (nSPS) is 24.1. The molecule has 1 unspecified atom stereocenters. The number of carboxylic acid groups (broad SMARTS) is 1. The van der Waals surface area contributed by atoms with Gasteiger partial charge >= 0.3 is 5.97 Å². The molecule has 1 aromatic rings. The van der Waals surface area contributed by atoms with E-state index in [4.69, 9.17) is 9.84 Å². The van der Waals surface area contributed by atoms with Gasteiger partial charge in [-0.1, -0.05) is 0 Å². The van der Waals surface area contributed by atoms with Crippen molar-refractivity contribution in [1.82, 2.24) is 15.1 Å². The van der Waals surface area contributed by atoms with E-state index in [1.165, 1.54) is 0 Å². The van der Waals surface area contributed by atoms with Crippen LogP contribution in [0.1, 0.15) is 31.4 Å². The molecule has 1 aromatic heterocycles. The molecule has 2 heterocycles. The summed E-state index contributed by atoms with van der Waals surface area (Å²) in [6.45, 7) is 1.85. The van der Waals surface area contributed by atoms with E-state index in [2.05, 4.69) is 10.4 Å². The first-order chi connectivity index (χ1) is 8.97. The summed E-state index contributed by atoms with van der Waals surface area (Å²) in [5, 5.41) is 15.6. The second-order valence-electron chi connectivity index (χ2n) is 4.71. The first kappa shape index (κ1) is 13.5. The molecule has 0 aromatic carbocycles. The minimum atomic E-state index is -1.02. The maximum atomic E-state index is 11.9. The third-order valence-electron chi connectivity index (χ3n) is 3.17. The molecule has 2 rings (SSSR count). The van der Waals surface area contributed by atoms with E-state index in [1.54, 1.807) is 17.9 Å². The standard InChI is InChI=1S/C12H17N3O4/c1-7(8-5-13-15(2)6-8)14-11(16)9-3-4-10(19-9)12(17)18/h5-7,9-10H,3-4H2,1-2H3,(H,14,16)(H,17,18)/t7?,9-,10+/m0/s1. The molecule has 0 radical (unpaired) electrons. The van der Waals surface area contributed by atoms with Crippen LogP contribution in [0.25, 0.3) is 0 Å². The molecular formula is C12H17N3O4. The van der Waals surface area contributed by atoms with Crippen LogP contribution in [0.15, 0.2) is 12.4 Å². The lowest BCUT2D eigenvalue weighted by molar-refractivity contribution is -0.151. The second kappa shape index (κ2) is 5.40. The second-order valence-corrected chi connectivity index (χ2v) is 4.71. The first-order valence-corrected chi connectivity index (χ1v) is 6.14. The van der Waals surface area contributed by atoms with Gasteiger partial charge in [0, 0.05) is 18.8 Å². The molecule has 7 nitrogen and oxygen atoms in total. The van der Waals surface area contributed by atoms with Crippen LogP contribution in [-0.4, -0.2) is 39.0 Å². The number of amides is 1. The minimum Gasteiger partial charge on any atom is -0.479 e. The lowest BCUT2D eigenvalue weighted by atomic mass is 10.1. The van der Waals surface area contributed by atoms with Crippen molar-refractivity contribution in [2.75, 3.05) is 0 Å². The summed E-state index contributed by atoms with van der Waals surface area (Å²) >= 11 is 0. The molecular weight excluding hydrogens is 250 g/mol. The van der Waals surface area contributed by atoms with E-state index in [0.717, 1.165) is 5.56 Å². The molecule has 0 aliphatic carbocycles. The van der Waals surface area contributed by atoms with Crippen LogP contribution < -0.4 is 5.32 Å². The quantitative estimate of drug-likeness (QED) is 0.814. The van der Waals surface area contributed by atoms with Crippen molar-refractivity contribution in [2.24, 2.45) is 7.05 Å². The highest BCUT2D eigenvalue weighted by molar-refractivity contribution is 5.82. The summed E-state index contributed by atoms with van der Waals surface area (Å²) < 4.78 is 6.85. The highest BCUT2D eigenvalue weighted by Crippen LogP contribution is 2.21. The molecule has 0 saturated carbocycles. The Morgan fingerprint density at radius 2 is 2.21 bits per heavy atom. The van der Waals surface area contributed by atoms with Crippen molar-refractivity contribution >= 4 is 11.9 Å². The average Bonchev–Trinajstić information content (AvgIpc) is 2.96. The molecule has 3 atom stereocenters. The van der Waals surface area contributed by atoms with E-state index in [0.29, 0.717) is 12.8 Å². The molecule has 0 spiro atoms. The number of aromatic nitrogens is 2. The minimum absolute atomic E-state index is 0.186. The molecule has 1 aliphatic rings. The molecule has 1 fully saturated rings. The van der Waals surface area contributed by atoms with Gasteiger partial charge in [-0.2, -0.15) is 5.10 Å². The number of hydrogen-bond donors (Lipinski definition) is 2. The molecule has 2 N–H and O–H groups in total. The van der Waals surface area contributed by atoms with Crippen LogP contribution in [0, 0.1) is 0 Å². The van der Waals surface area contributed by atoms with Crippen molar-refractivity contribution in [3.8, 4) is 0 Å². The Balaban J connectivity index is 1.89. The number of aryl methyl sites for hydroxylation is 1. The van der Waals surface area contributed by atoms with Gasteiger partial charge in [0.05, 0.1) is 12.2 Å². The Hall–Kier alpha value is -1.89. The van der Waals surface area contributed by atoms with Crippen molar-refractivity contribution in [1.29, 1.82) is 0 Å². The van der Waals surface area contributed by atoms with Crippen molar-refractivity contribution < 1.29 is 19.4 Å². The van der Waals surface area contributed by atoms with Gasteiger partial charge < -0.3 is 15.2 Å². The number of ether oxygens (including phenoxy) is 1. The van der Waals surface area contributed by atoms with Crippen LogP contribution in [0.2, 0.25) is 0 Å². The van der Waals surface area contributed by atoms with E-state index in [9.17, 15) is 9.59 Å². The maximum absolute atomic E-state index is 11.9. The zero-order valence-corrected chi connectivity index (χ0v) is 10.9. The summed E-state index contributed by atoms with van der Waals surface area (Å²) in [5.74, 6) is -1.30. The van der Waals surface area contributed by atoms with Crippen LogP contribution in [0.4, 0.5) is 0 Å². The summed E-state index contributed by atoms with van der Waals surface area (Å²) in [5.41, 5.74) is 0.892. The van der Waals surface area contributed by atoms with Gasteiger partial charge in [0.15, 0.2) is 6.10 Å². The molecule has 19 heavy (non-hydrogen) atoms. The number of carboxylic acids is 1. The Bertz CT molecular complexity index is 485. The van der Waals surface area contributed by atoms with Gasteiger partial charge in [0.1, 0.15) is 6.10 Å². The Morgan fingerprint density at radius 3 is 2.74 bits per heavy atom. The highest BCUT2D eigenvalue weighted by atomic mass is 16.5. The van der Waals surface area contributed by atoms with Crippen LogP contribution in [0.5, 0.6) is 0 Å². The fourth-order valence-corrected chi connectivity index (χ4v) is 2.07. The molecule has 104 valence electrons. The number of aliphatic carboxylic acids is 1. The highest BCUT2D eigenvalue weighted by Gasteiger charge is 2.35. The molecule has 1 amide bonds. The predicted molar refractivity (Wildman–Crippen MR) is 65.3 cm³/mol. The summed E-state index contributed by atoms with van der Waals surface area (Å²) in [7, 11) is 1.80. The van der Waals surface area contributed by atoms with Gasteiger partial charge in [-0.3, -0.25) is 9.48 Å². The maximum Gasteiger partial charge on any atom is 0.332 e. The summed E-state index contributed by atoms with van der Waals surface area (Å²) in [6.07, 6.45) is 2.75. The van der Waals surface area contributed by atoms with E-state index in [1.807, 2.05) is 13.1 Å². The van der Waals surface area contributed by atoms with Gasteiger partial charge in [-0.15, -0.1) is 0 Å². The lowest BCUT2D eigenvalue weighted by Gasteiger charge is -2.16. The smallest absolute Gasteiger partial charge is 0.332 e. The number of carbonyl (C=O) groups excluding carboxylic acids is 1. The fourth-order valence-electron chi connectivity index (χ4n) is 2.07. The number of hydrogen-bond acceptors (Lipinski definition) is 4. The van der Waals surface area contributed by atoms with Gasteiger partial charge in [0.2, 0.25) is 5.91 Å². The van der Waals surface area contributed by atoms with Gasteiger partial charge in [-0.05, 0) is 19.8 Å². The van der Waals surface area contributed by atoms with Crippen molar-refractivity contribution in [3.05, 3.63) is 18.0 Å². The predicted octanol–water partition coefficient (Wildman–Crippen LogP) is 0.230. The van der Waals surface area contributed by atoms with Gasteiger partial charge in [0.25, 0.3) is 0 Å². The van der Waals surface area contributed by atoms with Crippen LogP contribution in [0.3, 0.4) is 0 Å². The largest absolute Gasteiger partial charge is 0.479 e. The van der Waals surface area contributed by atoms with E-state index >= 15 is 0 Å². The number of rotatable bonds is 4. The average molecular weight is 267 g/mol. The lowest BCUT2D eigenvalue weighted by Crippen LogP contribution is -2.37. The topological polar surface area (TPSA) is 93.5 Å². The first-order valence-electron chi connectivity index (χ1n) is 6.14. The molecule has 1 aliphatic heterocycles. The Labute approximate surface area is 110 Å². The van der Waals surface area contributed by atoms with Gasteiger partial charge in [-0.25, -0.2) is 4.79 Å². The fraction of sp³-hybridized carbons (Fsp3) is 0.583.